The normalized spacial score (nSPS) is 18.8. The van der Waals surface area contributed by atoms with Crippen molar-refractivity contribution in [3.63, 3.8) is 0 Å². The number of carbonyl (C=O) groups excluding carboxylic acids is 3. The van der Waals surface area contributed by atoms with Gasteiger partial charge in [-0.05, 0) is 96.0 Å². The summed E-state index contributed by atoms with van der Waals surface area (Å²) in [6, 6.07) is 15.1. The Morgan fingerprint density at radius 1 is 0.773 bits per heavy atom. The van der Waals surface area contributed by atoms with Crippen LogP contribution < -0.4 is 5.32 Å². The number of anilines is 1. The molecule has 1 aromatic heterocycles. The van der Waals surface area contributed by atoms with Crippen molar-refractivity contribution in [3.05, 3.63) is 60.6 Å². The van der Waals surface area contributed by atoms with E-state index >= 15 is 0 Å². The smallest absolute Gasteiger partial charge is 0.410 e. The van der Waals surface area contributed by atoms with Gasteiger partial charge in [0.15, 0.2) is 0 Å². The molecule has 44 heavy (non-hydrogen) atoms. The third-order valence-corrected chi connectivity index (χ3v) is 7.66. The Morgan fingerprint density at radius 2 is 1.30 bits per heavy atom. The molecule has 3 heterocycles. The molecule has 2 unspecified atom stereocenters. The molecule has 2 aliphatic heterocycles. The molecule has 10 heteroatoms. The number of aromatic nitrogens is 2. The Labute approximate surface area is 259 Å². The minimum absolute atomic E-state index is 0.133. The number of benzene rings is 2. The number of H-pyrrole nitrogens is 1. The van der Waals surface area contributed by atoms with Gasteiger partial charge in [-0.15, -0.1) is 0 Å². The van der Waals surface area contributed by atoms with Crippen molar-refractivity contribution in [2.75, 3.05) is 18.4 Å². The topological polar surface area (TPSA) is 117 Å². The Bertz CT molecular complexity index is 1480. The lowest BCUT2D eigenvalue weighted by Crippen LogP contribution is -2.45. The van der Waals surface area contributed by atoms with E-state index in [0.29, 0.717) is 25.2 Å². The van der Waals surface area contributed by atoms with Crippen molar-refractivity contribution in [2.45, 2.75) is 90.5 Å². The molecule has 10 nitrogen and oxygen atoms in total. The summed E-state index contributed by atoms with van der Waals surface area (Å²) in [5, 5.41) is 2.96. The van der Waals surface area contributed by atoms with Gasteiger partial charge in [0.05, 0.1) is 17.9 Å². The van der Waals surface area contributed by atoms with E-state index < -0.39 is 23.3 Å². The van der Waals surface area contributed by atoms with Crippen molar-refractivity contribution in [3.8, 4) is 22.4 Å². The highest BCUT2D eigenvalue weighted by atomic mass is 16.6. The van der Waals surface area contributed by atoms with Gasteiger partial charge in [0, 0.05) is 18.8 Å². The van der Waals surface area contributed by atoms with Gasteiger partial charge >= 0.3 is 12.2 Å². The molecule has 0 spiro atoms. The second kappa shape index (κ2) is 12.3. The summed E-state index contributed by atoms with van der Waals surface area (Å²) in [7, 11) is 0. The molecule has 2 atom stereocenters. The number of rotatable bonds is 5. The Balaban J connectivity index is 1.20. The molecule has 2 aliphatic rings. The van der Waals surface area contributed by atoms with Crippen LogP contribution in [0.2, 0.25) is 0 Å². The molecule has 0 radical (unpaired) electrons. The zero-order chi connectivity index (χ0) is 31.6. The highest BCUT2D eigenvalue weighted by molar-refractivity contribution is 5.97. The van der Waals surface area contributed by atoms with Crippen molar-refractivity contribution >= 4 is 23.8 Å². The van der Waals surface area contributed by atoms with E-state index in [2.05, 4.69) is 15.3 Å². The summed E-state index contributed by atoms with van der Waals surface area (Å²) >= 11 is 0. The Hall–Kier alpha value is -4.34. The van der Waals surface area contributed by atoms with Gasteiger partial charge in [-0.2, -0.15) is 0 Å². The lowest BCUT2D eigenvalue weighted by molar-refractivity contribution is -0.120. The van der Waals surface area contributed by atoms with E-state index in [0.717, 1.165) is 47.5 Å². The predicted molar refractivity (Wildman–Crippen MR) is 169 cm³/mol. The van der Waals surface area contributed by atoms with E-state index in [9.17, 15) is 14.4 Å². The number of aromatic amines is 1. The van der Waals surface area contributed by atoms with Crippen LogP contribution in [0, 0.1) is 0 Å². The molecular weight excluding hydrogens is 558 g/mol. The van der Waals surface area contributed by atoms with Gasteiger partial charge < -0.3 is 19.8 Å². The van der Waals surface area contributed by atoms with Crippen LogP contribution in [0.5, 0.6) is 0 Å². The number of imidazole rings is 1. The van der Waals surface area contributed by atoms with E-state index in [-0.39, 0.29) is 18.0 Å². The maximum Gasteiger partial charge on any atom is 0.410 e. The fraction of sp³-hybridized carbons (Fsp3) is 0.471. The first kappa shape index (κ1) is 31.1. The molecule has 0 aliphatic carbocycles. The van der Waals surface area contributed by atoms with Crippen molar-refractivity contribution in [1.82, 2.24) is 19.8 Å². The number of ether oxygens (including phenoxy) is 2. The molecule has 3 aromatic rings. The van der Waals surface area contributed by atoms with Crippen LogP contribution in [0.1, 0.15) is 79.1 Å². The zero-order valence-electron chi connectivity index (χ0n) is 26.5. The van der Waals surface area contributed by atoms with Crippen LogP contribution in [-0.4, -0.2) is 68.2 Å². The molecule has 0 bridgehead atoms. The summed E-state index contributed by atoms with van der Waals surface area (Å²) in [4.78, 5) is 49.6. The van der Waals surface area contributed by atoms with E-state index in [1.807, 2.05) is 96.3 Å². The molecular formula is C34H43N5O5. The van der Waals surface area contributed by atoms with E-state index in [1.165, 1.54) is 4.90 Å². The van der Waals surface area contributed by atoms with Gasteiger partial charge in [0.25, 0.3) is 0 Å². The maximum absolute atomic E-state index is 13.0. The Morgan fingerprint density at radius 3 is 1.91 bits per heavy atom. The van der Waals surface area contributed by atoms with E-state index in [4.69, 9.17) is 9.47 Å². The largest absolute Gasteiger partial charge is 0.444 e. The first-order chi connectivity index (χ1) is 20.8. The van der Waals surface area contributed by atoms with Gasteiger partial charge in [-0.25, -0.2) is 14.6 Å². The van der Waals surface area contributed by atoms with Gasteiger partial charge in [-0.1, -0.05) is 36.4 Å². The second-order valence-electron chi connectivity index (χ2n) is 13.5. The average molecular weight is 602 g/mol. The van der Waals surface area contributed by atoms with Gasteiger partial charge in [0.1, 0.15) is 23.1 Å². The molecule has 2 fully saturated rings. The van der Waals surface area contributed by atoms with Crippen LogP contribution >= 0.6 is 0 Å². The number of likely N-dealkylation sites (tertiary alicyclic amines) is 2. The third kappa shape index (κ3) is 7.41. The number of carbonyl (C=O) groups is 3. The van der Waals surface area contributed by atoms with Gasteiger partial charge in [-0.3, -0.25) is 14.6 Å². The summed E-state index contributed by atoms with van der Waals surface area (Å²) < 4.78 is 11.1. The summed E-state index contributed by atoms with van der Waals surface area (Å²) in [6.07, 6.45) is 4.15. The minimum Gasteiger partial charge on any atom is -0.444 e. The quantitative estimate of drug-likeness (QED) is 0.321. The van der Waals surface area contributed by atoms with Gasteiger partial charge in [0.2, 0.25) is 5.91 Å². The molecule has 5 rings (SSSR count). The number of nitrogens with one attached hydrogen (secondary N) is 2. The molecule has 3 amide bonds. The average Bonchev–Trinajstić information content (AvgIpc) is 3.72. The predicted octanol–water partition coefficient (Wildman–Crippen LogP) is 7.15. The number of nitrogens with zero attached hydrogens (tertiary/aromatic N) is 3. The summed E-state index contributed by atoms with van der Waals surface area (Å²) in [5.74, 6) is 0.549. The second-order valence-corrected chi connectivity index (χ2v) is 13.5. The summed E-state index contributed by atoms with van der Waals surface area (Å²) in [5.41, 5.74) is 3.42. The fourth-order valence-electron chi connectivity index (χ4n) is 5.63. The molecule has 0 saturated carbocycles. The van der Waals surface area contributed by atoms with Crippen LogP contribution in [0.15, 0.2) is 54.7 Å². The fourth-order valence-corrected chi connectivity index (χ4v) is 5.63. The molecule has 2 saturated heterocycles. The van der Waals surface area contributed by atoms with Crippen LogP contribution in [0.4, 0.5) is 15.3 Å². The molecule has 234 valence electrons. The van der Waals surface area contributed by atoms with Crippen molar-refractivity contribution in [1.29, 1.82) is 0 Å². The Kier molecular flexibility index (Phi) is 8.72. The molecule has 2 aromatic carbocycles. The lowest BCUT2D eigenvalue weighted by Gasteiger charge is -2.28. The van der Waals surface area contributed by atoms with Crippen LogP contribution in [-0.2, 0) is 14.3 Å². The SMILES string of the molecule is CC(C)(C)OC(=O)N1CCCC1C(=O)Nc1ccc(-c2ccc(-c3cnc(C4CCCN4C(=O)OC(C)(C)C)[nH]3)cc2)cc1. The van der Waals surface area contributed by atoms with Crippen molar-refractivity contribution < 1.29 is 23.9 Å². The number of hydrogen-bond acceptors (Lipinski definition) is 6. The highest BCUT2D eigenvalue weighted by Gasteiger charge is 2.37. The number of amides is 3. The maximum atomic E-state index is 13.0. The zero-order valence-corrected chi connectivity index (χ0v) is 26.5. The lowest BCUT2D eigenvalue weighted by atomic mass is 10.0. The number of hydrogen-bond donors (Lipinski definition) is 2. The third-order valence-electron chi connectivity index (χ3n) is 7.66. The standard InChI is InChI=1S/C34H43N5O5/c1-33(2,3)43-31(41)38-19-7-9-27(38)29-35-21-26(37-29)24-13-11-22(12-14-24)23-15-17-25(18-16-23)36-30(40)28-10-8-20-39(28)32(42)44-34(4,5)6/h11-18,21,27-28H,7-10,19-20H2,1-6H3,(H,35,37)(H,36,40). The first-order valence-corrected chi connectivity index (χ1v) is 15.3. The molecule has 2 N–H and O–H groups in total. The van der Waals surface area contributed by atoms with Crippen LogP contribution in [0.3, 0.4) is 0 Å². The first-order valence-electron chi connectivity index (χ1n) is 15.3. The van der Waals surface area contributed by atoms with Crippen molar-refractivity contribution in [2.24, 2.45) is 0 Å². The summed E-state index contributed by atoms with van der Waals surface area (Å²) in [6.45, 7) is 12.2. The monoisotopic (exact) mass is 601 g/mol. The van der Waals surface area contributed by atoms with E-state index in [1.54, 1.807) is 4.90 Å². The highest BCUT2D eigenvalue weighted by Crippen LogP contribution is 2.33. The van der Waals surface area contributed by atoms with Crippen LogP contribution in [0.25, 0.3) is 22.4 Å². The minimum atomic E-state index is -0.614.